The molecule has 13 heteroatoms. The van der Waals surface area contributed by atoms with Crippen LogP contribution in [0.3, 0.4) is 0 Å². The number of piperazine rings is 1. The Hall–Kier alpha value is -3.42. The molecule has 34 heavy (non-hydrogen) atoms. The van der Waals surface area contributed by atoms with Crippen molar-refractivity contribution < 1.29 is 14.3 Å². The first kappa shape index (κ1) is 22.4. The van der Waals surface area contributed by atoms with Crippen molar-refractivity contribution in [3.63, 3.8) is 0 Å². The number of hydrogen-bond acceptors (Lipinski definition) is 9. The van der Waals surface area contributed by atoms with E-state index in [9.17, 15) is 14.4 Å². The number of nitrogens with zero attached hydrogens (tertiary/aromatic N) is 6. The molecule has 5 rings (SSSR count). The lowest BCUT2D eigenvalue weighted by Crippen LogP contribution is -2.46. The summed E-state index contributed by atoms with van der Waals surface area (Å²) in [7, 11) is 1.37. The topological polar surface area (TPSA) is 118 Å². The molecule has 0 aliphatic carbocycles. The number of hydrogen-bond donors (Lipinski definition) is 1. The molecule has 1 fully saturated rings. The van der Waals surface area contributed by atoms with Crippen LogP contribution >= 0.6 is 23.3 Å². The van der Waals surface area contributed by atoms with E-state index in [4.69, 9.17) is 4.74 Å². The first-order valence-electron chi connectivity index (χ1n) is 10.5. The summed E-state index contributed by atoms with van der Waals surface area (Å²) in [5, 5.41) is 10.5. The standard InChI is InChI=1S/C21H21N7O4S2/c1-13-14(12-22-28(13)21-23-18(29)15-4-3-6-27(15)24-21)19(30)25-7-9-26(10-8-25)34-16-5-11-33-17(16)20(31)32-2/h3-6,11-12H,7-10H2,1-2H3,(H,23,24,29). The quantitative estimate of drug-likeness (QED) is 0.326. The Balaban J connectivity index is 1.27. The minimum atomic E-state index is -0.342. The largest absolute Gasteiger partial charge is 0.465 e. The fraction of sp³-hybridized carbons (Fsp3) is 0.286. The molecule has 1 aliphatic rings. The summed E-state index contributed by atoms with van der Waals surface area (Å²) in [5.74, 6) is -0.224. The van der Waals surface area contributed by atoms with Crippen molar-refractivity contribution in [3.05, 3.63) is 62.5 Å². The van der Waals surface area contributed by atoms with Crippen molar-refractivity contribution in [2.75, 3.05) is 33.3 Å². The van der Waals surface area contributed by atoms with E-state index in [-0.39, 0.29) is 23.4 Å². The van der Waals surface area contributed by atoms with Gasteiger partial charge in [-0.3, -0.25) is 14.6 Å². The van der Waals surface area contributed by atoms with E-state index in [2.05, 4.69) is 19.5 Å². The summed E-state index contributed by atoms with van der Waals surface area (Å²) in [4.78, 5) is 43.3. The fourth-order valence-electron chi connectivity index (χ4n) is 3.76. The number of carbonyl (C=O) groups is 2. The number of thiophene rings is 1. The number of methoxy groups -OCH3 is 1. The minimum absolute atomic E-state index is 0.122. The molecule has 5 heterocycles. The number of nitrogens with one attached hydrogen (secondary N) is 1. The van der Waals surface area contributed by atoms with E-state index in [1.54, 1.807) is 30.2 Å². The third-order valence-electron chi connectivity index (χ3n) is 5.58. The molecule has 11 nitrogen and oxygen atoms in total. The number of ether oxygens (including phenoxy) is 1. The van der Waals surface area contributed by atoms with Crippen LogP contribution in [0.25, 0.3) is 11.5 Å². The van der Waals surface area contributed by atoms with E-state index in [0.29, 0.717) is 47.8 Å². The van der Waals surface area contributed by atoms with E-state index >= 15 is 0 Å². The van der Waals surface area contributed by atoms with Gasteiger partial charge in [0.15, 0.2) is 0 Å². The van der Waals surface area contributed by atoms with E-state index in [1.165, 1.54) is 45.8 Å². The van der Waals surface area contributed by atoms with Crippen molar-refractivity contribution in [1.82, 2.24) is 33.6 Å². The van der Waals surface area contributed by atoms with E-state index in [1.807, 2.05) is 11.4 Å². The molecule has 0 bridgehead atoms. The van der Waals surface area contributed by atoms with Gasteiger partial charge in [-0.25, -0.2) is 18.3 Å². The summed E-state index contributed by atoms with van der Waals surface area (Å²) in [6.45, 7) is 4.16. The summed E-state index contributed by atoms with van der Waals surface area (Å²) < 4.78 is 9.92. The van der Waals surface area contributed by atoms with Gasteiger partial charge in [0.1, 0.15) is 10.4 Å². The Morgan fingerprint density at radius 2 is 2.00 bits per heavy atom. The Morgan fingerprint density at radius 1 is 1.21 bits per heavy atom. The van der Waals surface area contributed by atoms with Crippen LogP contribution in [-0.2, 0) is 4.74 Å². The number of aromatic amines is 1. The molecule has 1 amide bonds. The minimum Gasteiger partial charge on any atom is -0.465 e. The maximum Gasteiger partial charge on any atom is 0.349 e. The zero-order valence-corrected chi connectivity index (χ0v) is 20.1. The van der Waals surface area contributed by atoms with Gasteiger partial charge >= 0.3 is 5.97 Å². The van der Waals surface area contributed by atoms with Crippen LogP contribution in [0.15, 0.2) is 45.7 Å². The van der Waals surface area contributed by atoms with Crippen molar-refractivity contribution >= 4 is 40.7 Å². The molecule has 1 saturated heterocycles. The second-order valence-electron chi connectivity index (χ2n) is 7.59. The van der Waals surface area contributed by atoms with Gasteiger partial charge in [0.25, 0.3) is 11.5 Å². The van der Waals surface area contributed by atoms with Crippen molar-refractivity contribution in [2.24, 2.45) is 0 Å². The summed E-state index contributed by atoms with van der Waals surface area (Å²) >= 11 is 2.86. The van der Waals surface area contributed by atoms with Crippen molar-refractivity contribution in [1.29, 1.82) is 0 Å². The molecule has 0 aromatic carbocycles. The molecule has 0 saturated carbocycles. The normalized spacial score (nSPS) is 14.6. The van der Waals surface area contributed by atoms with Crippen LogP contribution < -0.4 is 5.56 Å². The lowest BCUT2D eigenvalue weighted by atomic mass is 10.2. The monoisotopic (exact) mass is 499 g/mol. The van der Waals surface area contributed by atoms with E-state index in [0.717, 1.165) is 4.90 Å². The van der Waals surface area contributed by atoms with Gasteiger partial charge in [0.2, 0.25) is 5.95 Å². The molecule has 0 radical (unpaired) electrons. The number of amides is 1. The molecule has 0 spiro atoms. The molecule has 176 valence electrons. The van der Waals surface area contributed by atoms with E-state index < -0.39 is 0 Å². The van der Waals surface area contributed by atoms with Crippen LogP contribution in [0.5, 0.6) is 0 Å². The second-order valence-corrected chi connectivity index (χ2v) is 9.64. The van der Waals surface area contributed by atoms with Crippen LogP contribution in [0, 0.1) is 6.92 Å². The number of esters is 1. The van der Waals surface area contributed by atoms with Crippen molar-refractivity contribution in [2.45, 2.75) is 11.8 Å². The number of aromatic nitrogens is 5. The van der Waals surface area contributed by atoms with Crippen LogP contribution in [0.1, 0.15) is 25.7 Å². The van der Waals surface area contributed by atoms with Gasteiger partial charge in [0.05, 0.1) is 24.6 Å². The first-order chi connectivity index (χ1) is 16.5. The maximum absolute atomic E-state index is 13.2. The molecule has 1 aliphatic heterocycles. The number of carbonyl (C=O) groups excluding carboxylic acids is 2. The van der Waals surface area contributed by atoms with Gasteiger partial charge in [-0.15, -0.1) is 16.4 Å². The maximum atomic E-state index is 13.2. The van der Waals surface area contributed by atoms with Crippen LogP contribution in [0.2, 0.25) is 0 Å². The Labute approximate surface area is 202 Å². The third kappa shape index (κ3) is 4.02. The highest BCUT2D eigenvalue weighted by Gasteiger charge is 2.27. The summed E-state index contributed by atoms with van der Waals surface area (Å²) in [6, 6.07) is 5.31. The second kappa shape index (κ2) is 9.08. The SMILES string of the molecule is COC(=O)c1sccc1SN1CCN(C(=O)c2cnn(-c3nn4cccc4c(=O)[nH]3)c2C)CC1. The first-order valence-corrected chi connectivity index (χ1v) is 12.1. The Morgan fingerprint density at radius 3 is 2.76 bits per heavy atom. The fourth-order valence-corrected chi connectivity index (χ4v) is 5.73. The number of rotatable bonds is 5. The summed E-state index contributed by atoms with van der Waals surface area (Å²) in [6.07, 6.45) is 3.19. The molecule has 4 aromatic heterocycles. The average Bonchev–Trinajstić information content (AvgIpc) is 3.58. The molecular formula is C21H21N7O4S2. The van der Waals surface area contributed by atoms with Gasteiger partial charge < -0.3 is 9.64 Å². The lowest BCUT2D eigenvalue weighted by Gasteiger charge is -2.33. The smallest absolute Gasteiger partial charge is 0.349 e. The predicted molar refractivity (Wildman–Crippen MR) is 127 cm³/mol. The molecule has 0 atom stereocenters. The van der Waals surface area contributed by atoms with Crippen molar-refractivity contribution in [3.8, 4) is 5.95 Å². The molecule has 4 aromatic rings. The highest BCUT2D eigenvalue weighted by Crippen LogP contribution is 2.31. The van der Waals surface area contributed by atoms with Gasteiger partial charge in [-0.1, -0.05) is 0 Å². The Kier molecular flexibility index (Phi) is 5.98. The highest BCUT2D eigenvalue weighted by atomic mass is 32.2. The third-order valence-corrected chi connectivity index (χ3v) is 7.77. The molecule has 1 N–H and O–H groups in total. The highest BCUT2D eigenvalue weighted by molar-refractivity contribution is 7.97. The lowest BCUT2D eigenvalue weighted by molar-refractivity contribution is 0.0602. The average molecular weight is 500 g/mol. The Bertz CT molecular complexity index is 1430. The zero-order chi connectivity index (χ0) is 23.8. The van der Waals surface area contributed by atoms with Gasteiger partial charge in [0, 0.05) is 37.3 Å². The number of fused-ring (bicyclic) bond motifs is 1. The van der Waals surface area contributed by atoms with Gasteiger partial charge in [-0.2, -0.15) is 5.10 Å². The molecule has 0 unspecified atom stereocenters. The zero-order valence-electron chi connectivity index (χ0n) is 18.4. The molecular weight excluding hydrogens is 478 g/mol. The predicted octanol–water partition coefficient (Wildman–Crippen LogP) is 1.83. The summed E-state index contributed by atoms with van der Waals surface area (Å²) in [5.41, 5.74) is 1.20. The van der Waals surface area contributed by atoms with Gasteiger partial charge in [-0.05, 0) is 42.5 Å². The number of H-pyrrole nitrogens is 1. The van der Waals surface area contributed by atoms with Crippen LogP contribution in [0.4, 0.5) is 0 Å². The van der Waals surface area contributed by atoms with Crippen LogP contribution in [-0.4, -0.2) is 78.7 Å².